The lowest BCUT2D eigenvalue weighted by atomic mass is 9.82. The van der Waals surface area contributed by atoms with Crippen molar-refractivity contribution in [2.24, 2.45) is 0 Å². The van der Waals surface area contributed by atoms with Crippen molar-refractivity contribution in [1.29, 1.82) is 0 Å². The second kappa shape index (κ2) is 5.42. The fraction of sp³-hybridized carbons (Fsp3) is 0.500. The molecule has 1 fully saturated rings. The molecular weight excluding hydrogens is 270 g/mol. The molecule has 0 radical (unpaired) electrons. The first-order chi connectivity index (χ1) is 10.0. The molecule has 4 atom stereocenters. The van der Waals surface area contributed by atoms with Crippen LogP contribution in [0.2, 0.25) is 0 Å². The van der Waals surface area contributed by atoms with E-state index in [-0.39, 0.29) is 23.7 Å². The van der Waals surface area contributed by atoms with Crippen LogP contribution >= 0.6 is 0 Å². The summed E-state index contributed by atoms with van der Waals surface area (Å²) in [6.07, 6.45) is 4.01. The molecular formula is C14H19N5O2. The van der Waals surface area contributed by atoms with Gasteiger partial charge < -0.3 is 10.4 Å². The Morgan fingerprint density at radius 1 is 1.52 bits per heavy atom. The molecule has 1 saturated carbocycles. The molecule has 112 valence electrons. The molecule has 1 unspecified atom stereocenters. The largest absolute Gasteiger partial charge is 0.391 e. The topological polar surface area (TPSA) is 95.8 Å². The van der Waals surface area contributed by atoms with Crippen molar-refractivity contribution in [2.75, 3.05) is 0 Å². The maximum Gasteiger partial charge on any atom is 0.264 e. The molecule has 1 aliphatic carbocycles. The van der Waals surface area contributed by atoms with Crippen molar-refractivity contribution in [3.8, 4) is 0 Å². The highest BCUT2D eigenvalue weighted by molar-refractivity contribution is 5.09. The smallest absolute Gasteiger partial charge is 0.264 e. The Labute approximate surface area is 122 Å². The number of aliphatic hydroxyl groups excluding tert-OH is 1. The summed E-state index contributed by atoms with van der Waals surface area (Å²) < 4.78 is 1.81. The predicted octanol–water partition coefficient (Wildman–Crippen LogP) is 0.300. The lowest BCUT2D eigenvalue weighted by Gasteiger charge is -2.43. The summed E-state index contributed by atoms with van der Waals surface area (Å²) in [5, 5.41) is 24.2. The van der Waals surface area contributed by atoms with Gasteiger partial charge in [-0.1, -0.05) is 0 Å². The van der Waals surface area contributed by atoms with Crippen LogP contribution in [0.5, 0.6) is 0 Å². The van der Waals surface area contributed by atoms with Crippen molar-refractivity contribution < 1.29 is 5.11 Å². The number of nitrogens with zero attached hydrogens (tertiary/aromatic N) is 3. The minimum absolute atomic E-state index is 0.0153. The van der Waals surface area contributed by atoms with Gasteiger partial charge in [0.05, 0.1) is 24.0 Å². The summed E-state index contributed by atoms with van der Waals surface area (Å²) in [6.45, 7) is 3.96. The zero-order valence-electron chi connectivity index (χ0n) is 12.0. The standard InChI is InChI=1S/C14H19N5O2/c1-8-6-15-19(7-8)14-11(5-12(14)20)16-9(2)10-3-4-13(21)18-17-10/h3-4,6-7,9,11-12,14,16,20H,5H2,1-2H3,(H,18,21)/t9?,11-,12+,14+/m0/s1. The first kappa shape index (κ1) is 14.0. The molecule has 0 aromatic carbocycles. The van der Waals surface area contributed by atoms with Crippen LogP contribution in [0.15, 0.2) is 29.3 Å². The van der Waals surface area contributed by atoms with Gasteiger partial charge in [-0.25, -0.2) is 5.10 Å². The Bertz CT molecular complexity index is 660. The number of aromatic amines is 1. The van der Waals surface area contributed by atoms with Crippen molar-refractivity contribution in [2.45, 2.75) is 44.5 Å². The summed E-state index contributed by atoms with van der Waals surface area (Å²) in [6, 6.07) is 3.22. The molecule has 0 spiro atoms. The molecule has 21 heavy (non-hydrogen) atoms. The summed E-state index contributed by atoms with van der Waals surface area (Å²) in [4.78, 5) is 11.0. The lowest BCUT2D eigenvalue weighted by molar-refractivity contribution is -0.0112. The number of aryl methyl sites for hydroxylation is 1. The normalized spacial score (nSPS) is 26.3. The predicted molar refractivity (Wildman–Crippen MR) is 76.8 cm³/mol. The van der Waals surface area contributed by atoms with E-state index in [0.717, 1.165) is 11.3 Å². The van der Waals surface area contributed by atoms with Crippen LogP contribution in [-0.2, 0) is 0 Å². The third-order valence-electron chi connectivity index (χ3n) is 3.95. The maximum atomic E-state index is 11.0. The van der Waals surface area contributed by atoms with E-state index in [4.69, 9.17) is 0 Å². The van der Waals surface area contributed by atoms with Gasteiger partial charge in [0.1, 0.15) is 0 Å². The monoisotopic (exact) mass is 289 g/mol. The zero-order valence-corrected chi connectivity index (χ0v) is 12.0. The van der Waals surface area contributed by atoms with Crippen LogP contribution in [0.1, 0.15) is 36.7 Å². The van der Waals surface area contributed by atoms with Crippen LogP contribution in [0.3, 0.4) is 0 Å². The Morgan fingerprint density at radius 2 is 2.33 bits per heavy atom. The second-order valence-electron chi connectivity index (χ2n) is 5.63. The number of hydrogen-bond acceptors (Lipinski definition) is 5. The van der Waals surface area contributed by atoms with E-state index in [1.165, 1.54) is 6.07 Å². The Balaban J connectivity index is 1.70. The van der Waals surface area contributed by atoms with E-state index in [1.54, 1.807) is 12.3 Å². The highest BCUT2D eigenvalue weighted by Gasteiger charge is 2.42. The van der Waals surface area contributed by atoms with Crippen molar-refractivity contribution in [3.05, 3.63) is 46.1 Å². The minimum Gasteiger partial charge on any atom is -0.391 e. The van der Waals surface area contributed by atoms with E-state index in [1.807, 2.05) is 24.7 Å². The average Bonchev–Trinajstić information content (AvgIpc) is 2.84. The first-order valence-corrected chi connectivity index (χ1v) is 7.05. The van der Waals surface area contributed by atoms with Gasteiger partial charge in [-0.15, -0.1) is 0 Å². The van der Waals surface area contributed by atoms with Gasteiger partial charge in [0, 0.05) is 24.3 Å². The Kier molecular flexibility index (Phi) is 3.60. The average molecular weight is 289 g/mol. The lowest BCUT2D eigenvalue weighted by Crippen LogP contribution is -2.55. The fourth-order valence-corrected chi connectivity index (χ4v) is 2.74. The van der Waals surface area contributed by atoms with Gasteiger partial charge in [0.15, 0.2) is 0 Å². The summed E-state index contributed by atoms with van der Waals surface area (Å²) >= 11 is 0. The SMILES string of the molecule is Cc1cnn([C@H]2[C@H](O)C[C@@H]2NC(C)c2ccc(=O)[nH]n2)c1. The van der Waals surface area contributed by atoms with E-state index >= 15 is 0 Å². The van der Waals surface area contributed by atoms with Crippen molar-refractivity contribution in [1.82, 2.24) is 25.3 Å². The highest BCUT2D eigenvalue weighted by atomic mass is 16.3. The van der Waals surface area contributed by atoms with Crippen LogP contribution < -0.4 is 10.9 Å². The molecule has 2 aromatic heterocycles. The Morgan fingerprint density at radius 3 is 2.90 bits per heavy atom. The van der Waals surface area contributed by atoms with Gasteiger partial charge in [0.25, 0.3) is 5.56 Å². The van der Waals surface area contributed by atoms with Crippen molar-refractivity contribution in [3.63, 3.8) is 0 Å². The molecule has 0 saturated heterocycles. The van der Waals surface area contributed by atoms with E-state index in [0.29, 0.717) is 6.42 Å². The molecule has 2 aromatic rings. The number of H-pyrrole nitrogens is 1. The van der Waals surface area contributed by atoms with Crippen molar-refractivity contribution >= 4 is 0 Å². The molecule has 7 heteroatoms. The molecule has 0 amide bonds. The van der Waals surface area contributed by atoms with Gasteiger partial charge in [-0.3, -0.25) is 9.48 Å². The van der Waals surface area contributed by atoms with Crippen LogP contribution in [-0.4, -0.2) is 37.2 Å². The first-order valence-electron chi connectivity index (χ1n) is 7.05. The molecule has 0 aliphatic heterocycles. The number of aromatic nitrogens is 4. The third-order valence-corrected chi connectivity index (χ3v) is 3.95. The number of nitrogens with one attached hydrogen (secondary N) is 2. The van der Waals surface area contributed by atoms with E-state index in [2.05, 4.69) is 20.6 Å². The zero-order chi connectivity index (χ0) is 15.0. The van der Waals surface area contributed by atoms with E-state index in [9.17, 15) is 9.90 Å². The van der Waals surface area contributed by atoms with Gasteiger partial charge in [-0.2, -0.15) is 10.2 Å². The molecule has 0 bridgehead atoms. The second-order valence-corrected chi connectivity index (χ2v) is 5.63. The number of aliphatic hydroxyl groups is 1. The maximum absolute atomic E-state index is 11.0. The van der Waals surface area contributed by atoms with Gasteiger partial charge in [0.2, 0.25) is 0 Å². The third kappa shape index (κ3) is 2.74. The van der Waals surface area contributed by atoms with Gasteiger partial charge >= 0.3 is 0 Å². The molecule has 2 heterocycles. The minimum atomic E-state index is -0.391. The molecule has 1 aliphatic rings. The van der Waals surface area contributed by atoms with Gasteiger partial charge in [-0.05, 0) is 31.9 Å². The molecule has 3 N–H and O–H groups in total. The summed E-state index contributed by atoms with van der Waals surface area (Å²) in [7, 11) is 0. The Hall–Kier alpha value is -1.99. The van der Waals surface area contributed by atoms with Crippen LogP contribution in [0.4, 0.5) is 0 Å². The fourth-order valence-electron chi connectivity index (χ4n) is 2.74. The number of hydrogen-bond donors (Lipinski definition) is 3. The van der Waals surface area contributed by atoms with Crippen LogP contribution in [0.25, 0.3) is 0 Å². The quantitative estimate of drug-likeness (QED) is 0.752. The van der Waals surface area contributed by atoms with Crippen LogP contribution in [0, 0.1) is 6.92 Å². The number of rotatable bonds is 4. The summed E-state index contributed by atoms with van der Waals surface area (Å²) in [5.74, 6) is 0. The molecule has 3 rings (SSSR count). The molecule has 7 nitrogen and oxygen atoms in total. The highest BCUT2D eigenvalue weighted by Crippen LogP contribution is 2.34. The van der Waals surface area contributed by atoms with E-state index < -0.39 is 6.10 Å². The summed E-state index contributed by atoms with van der Waals surface area (Å²) in [5.41, 5.74) is 1.63.